The number of carbonyl (C=O) groups excluding carboxylic acids is 1. The molecule has 0 aromatic heterocycles. The first kappa shape index (κ1) is 13.8. The molecular formula is C11H21N3O3S. The second kappa shape index (κ2) is 5.54. The lowest BCUT2D eigenvalue weighted by molar-refractivity contribution is -0.124. The monoisotopic (exact) mass is 275 g/mol. The number of sulfonamides is 1. The lowest BCUT2D eigenvalue weighted by Crippen LogP contribution is -2.55. The Morgan fingerprint density at radius 2 is 2.22 bits per heavy atom. The van der Waals surface area contributed by atoms with Crippen LogP contribution in [0.2, 0.25) is 0 Å². The normalized spacial score (nSPS) is 29.7. The molecule has 0 bridgehead atoms. The highest BCUT2D eigenvalue weighted by Gasteiger charge is 2.37. The highest BCUT2D eigenvalue weighted by Crippen LogP contribution is 2.26. The van der Waals surface area contributed by atoms with Gasteiger partial charge in [0.25, 0.3) is 0 Å². The second-order valence-electron chi connectivity index (χ2n) is 5.04. The summed E-state index contributed by atoms with van der Waals surface area (Å²) in [5.41, 5.74) is 0. The fourth-order valence-corrected chi connectivity index (χ4v) is 4.21. The summed E-state index contributed by atoms with van der Waals surface area (Å²) in [6, 6.07) is 0.169. The predicted octanol–water partition coefficient (Wildman–Crippen LogP) is -0.864. The minimum atomic E-state index is -3.15. The van der Waals surface area contributed by atoms with E-state index in [0.29, 0.717) is 26.1 Å². The van der Waals surface area contributed by atoms with Gasteiger partial charge in [0.15, 0.2) is 0 Å². The minimum Gasteiger partial charge on any atom is -0.353 e. The molecule has 104 valence electrons. The van der Waals surface area contributed by atoms with E-state index in [1.165, 1.54) is 0 Å². The molecule has 0 aliphatic carbocycles. The van der Waals surface area contributed by atoms with E-state index in [0.717, 1.165) is 12.8 Å². The van der Waals surface area contributed by atoms with Gasteiger partial charge in [0, 0.05) is 32.1 Å². The third-order valence-electron chi connectivity index (χ3n) is 3.79. The summed E-state index contributed by atoms with van der Waals surface area (Å²) in [4.78, 5) is 11.3. The molecule has 0 spiro atoms. The molecule has 2 aliphatic heterocycles. The summed E-state index contributed by atoms with van der Waals surface area (Å²) in [6.45, 7) is 1.55. The zero-order valence-corrected chi connectivity index (χ0v) is 11.5. The number of rotatable bonds is 4. The van der Waals surface area contributed by atoms with Gasteiger partial charge in [0.2, 0.25) is 15.9 Å². The maximum absolute atomic E-state index is 12.1. The van der Waals surface area contributed by atoms with Crippen molar-refractivity contribution in [3.05, 3.63) is 0 Å². The molecule has 2 fully saturated rings. The summed E-state index contributed by atoms with van der Waals surface area (Å²) in [7, 11) is -1.40. The summed E-state index contributed by atoms with van der Waals surface area (Å²) >= 11 is 0. The number of amides is 1. The van der Waals surface area contributed by atoms with Crippen LogP contribution in [-0.2, 0) is 14.8 Å². The predicted molar refractivity (Wildman–Crippen MR) is 68.6 cm³/mol. The number of nitrogens with one attached hydrogen (secondary N) is 2. The SMILES string of the molecule is CNCCS(=O)(=O)N1CCC2NC(=O)CCC2C1. The van der Waals surface area contributed by atoms with Crippen molar-refractivity contribution in [2.24, 2.45) is 5.92 Å². The van der Waals surface area contributed by atoms with Crippen LogP contribution in [0, 0.1) is 5.92 Å². The van der Waals surface area contributed by atoms with Gasteiger partial charge in [-0.25, -0.2) is 12.7 Å². The Morgan fingerprint density at radius 1 is 1.44 bits per heavy atom. The van der Waals surface area contributed by atoms with Crippen LogP contribution in [0.3, 0.4) is 0 Å². The maximum atomic E-state index is 12.1. The average molecular weight is 275 g/mol. The van der Waals surface area contributed by atoms with Crippen molar-refractivity contribution in [3.63, 3.8) is 0 Å². The van der Waals surface area contributed by atoms with Crippen molar-refractivity contribution in [2.45, 2.75) is 25.3 Å². The van der Waals surface area contributed by atoms with Crippen LogP contribution in [0.4, 0.5) is 0 Å². The fraction of sp³-hybridized carbons (Fsp3) is 0.909. The zero-order chi connectivity index (χ0) is 13.2. The second-order valence-corrected chi connectivity index (χ2v) is 7.13. The summed E-state index contributed by atoms with van der Waals surface area (Å²) in [5.74, 6) is 0.524. The number of fused-ring (bicyclic) bond motifs is 1. The van der Waals surface area contributed by atoms with E-state index in [1.54, 1.807) is 11.4 Å². The summed E-state index contributed by atoms with van der Waals surface area (Å²) < 4.78 is 25.8. The third-order valence-corrected chi connectivity index (χ3v) is 5.63. The van der Waals surface area contributed by atoms with Gasteiger partial charge >= 0.3 is 0 Å². The van der Waals surface area contributed by atoms with E-state index in [9.17, 15) is 13.2 Å². The molecule has 7 heteroatoms. The first-order valence-electron chi connectivity index (χ1n) is 6.45. The lowest BCUT2D eigenvalue weighted by atomic mass is 9.86. The smallest absolute Gasteiger partial charge is 0.220 e. The molecule has 0 saturated carbocycles. The fourth-order valence-electron chi connectivity index (χ4n) is 2.69. The number of hydrogen-bond acceptors (Lipinski definition) is 4. The van der Waals surface area contributed by atoms with Crippen LogP contribution in [0.1, 0.15) is 19.3 Å². The Morgan fingerprint density at radius 3 is 2.94 bits per heavy atom. The van der Waals surface area contributed by atoms with Crippen molar-refractivity contribution < 1.29 is 13.2 Å². The van der Waals surface area contributed by atoms with Crippen LogP contribution in [0.5, 0.6) is 0 Å². The van der Waals surface area contributed by atoms with Crippen molar-refractivity contribution in [1.29, 1.82) is 0 Å². The van der Waals surface area contributed by atoms with Crippen molar-refractivity contribution >= 4 is 15.9 Å². The molecule has 18 heavy (non-hydrogen) atoms. The highest BCUT2D eigenvalue weighted by molar-refractivity contribution is 7.89. The molecule has 2 heterocycles. The van der Waals surface area contributed by atoms with E-state index < -0.39 is 10.0 Å². The summed E-state index contributed by atoms with van der Waals surface area (Å²) in [6.07, 6.45) is 2.05. The Bertz CT molecular complexity index is 410. The average Bonchev–Trinajstić information content (AvgIpc) is 2.35. The highest BCUT2D eigenvalue weighted by atomic mass is 32.2. The molecule has 1 amide bonds. The zero-order valence-electron chi connectivity index (χ0n) is 10.7. The van der Waals surface area contributed by atoms with Crippen LogP contribution in [-0.4, -0.2) is 57.1 Å². The van der Waals surface area contributed by atoms with Crippen molar-refractivity contribution in [3.8, 4) is 0 Å². The number of nitrogens with zero attached hydrogens (tertiary/aromatic N) is 1. The largest absolute Gasteiger partial charge is 0.353 e. The first-order chi connectivity index (χ1) is 8.53. The van der Waals surface area contributed by atoms with Crippen LogP contribution >= 0.6 is 0 Å². The molecule has 2 unspecified atom stereocenters. The van der Waals surface area contributed by atoms with Crippen LogP contribution < -0.4 is 10.6 Å². The quantitative estimate of drug-likeness (QED) is 0.699. The molecule has 2 rings (SSSR count). The van der Waals surface area contributed by atoms with Gasteiger partial charge in [0.05, 0.1) is 5.75 Å². The number of carbonyl (C=O) groups is 1. The number of hydrogen-bond donors (Lipinski definition) is 2. The van der Waals surface area contributed by atoms with Crippen molar-refractivity contribution in [2.75, 3.05) is 32.4 Å². The Balaban J connectivity index is 1.96. The number of piperidine rings is 2. The molecule has 6 nitrogen and oxygen atoms in total. The van der Waals surface area contributed by atoms with Gasteiger partial charge in [-0.05, 0) is 25.8 Å². The first-order valence-corrected chi connectivity index (χ1v) is 8.05. The van der Waals surface area contributed by atoms with E-state index >= 15 is 0 Å². The molecule has 0 aromatic carbocycles. The topological polar surface area (TPSA) is 78.5 Å². The maximum Gasteiger partial charge on any atom is 0.220 e. The third kappa shape index (κ3) is 3.02. The van der Waals surface area contributed by atoms with Crippen LogP contribution in [0.15, 0.2) is 0 Å². The van der Waals surface area contributed by atoms with Gasteiger partial charge in [-0.15, -0.1) is 0 Å². The minimum absolute atomic E-state index is 0.0998. The Hall–Kier alpha value is -0.660. The molecule has 2 N–H and O–H groups in total. The summed E-state index contributed by atoms with van der Waals surface area (Å²) in [5, 5.41) is 5.82. The molecule has 2 saturated heterocycles. The molecule has 2 aliphatic rings. The molecule has 0 radical (unpaired) electrons. The molecule has 0 aromatic rings. The Kier molecular flexibility index (Phi) is 4.24. The van der Waals surface area contributed by atoms with Crippen LogP contribution in [0.25, 0.3) is 0 Å². The van der Waals surface area contributed by atoms with E-state index in [2.05, 4.69) is 10.6 Å². The Labute approximate surface area is 108 Å². The van der Waals surface area contributed by atoms with Gasteiger partial charge in [-0.1, -0.05) is 0 Å². The van der Waals surface area contributed by atoms with E-state index in [-0.39, 0.29) is 23.6 Å². The lowest BCUT2D eigenvalue weighted by Gasteiger charge is -2.40. The van der Waals surface area contributed by atoms with E-state index in [1.807, 2.05) is 0 Å². The standard InChI is InChI=1S/C11H21N3O3S/c1-12-5-7-18(16,17)14-6-4-10-9(8-14)2-3-11(15)13-10/h9-10,12H,2-8H2,1H3,(H,13,15). The van der Waals surface area contributed by atoms with Gasteiger partial charge < -0.3 is 10.6 Å². The van der Waals surface area contributed by atoms with Gasteiger partial charge in [0.1, 0.15) is 0 Å². The van der Waals surface area contributed by atoms with Gasteiger partial charge in [-0.3, -0.25) is 4.79 Å². The van der Waals surface area contributed by atoms with Crippen molar-refractivity contribution in [1.82, 2.24) is 14.9 Å². The van der Waals surface area contributed by atoms with Gasteiger partial charge in [-0.2, -0.15) is 0 Å². The molecular weight excluding hydrogens is 254 g/mol. The van der Waals surface area contributed by atoms with E-state index in [4.69, 9.17) is 0 Å². The molecule has 2 atom stereocenters.